The minimum atomic E-state index is -0.260. The van der Waals surface area contributed by atoms with Gasteiger partial charge in [-0.1, -0.05) is 12.1 Å². The molecule has 30 heavy (non-hydrogen) atoms. The van der Waals surface area contributed by atoms with Gasteiger partial charge in [-0.25, -0.2) is 14.4 Å². The number of thiazole rings is 2. The highest BCUT2D eigenvalue weighted by atomic mass is 32.1. The van der Waals surface area contributed by atoms with Crippen LogP contribution in [0.5, 0.6) is 5.75 Å². The molecule has 5 rings (SSSR count). The molecule has 1 aliphatic rings. The lowest BCUT2D eigenvalue weighted by atomic mass is 9.98. The Morgan fingerprint density at radius 1 is 1.10 bits per heavy atom. The van der Waals surface area contributed by atoms with E-state index in [1.54, 1.807) is 23.5 Å². The van der Waals surface area contributed by atoms with Crippen LogP contribution in [0.3, 0.4) is 0 Å². The number of piperidine rings is 1. The summed E-state index contributed by atoms with van der Waals surface area (Å²) >= 11 is 3.44. The zero-order chi connectivity index (χ0) is 20.3. The van der Waals surface area contributed by atoms with Crippen LogP contribution in [0.15, 0.2) is 53.9 Å². The van der Waals surface area contributed by atoms with E-state index in [0.29, 0.717) is 18.3 Å². The van der Waals surface area contributed by atoms with Crippen molar-refractivity contribution in [1.82, 2.24) is 14.9 Å². The lowest BCUT2D eigenvalue weighted by Crippen LogP contribution is -2.33. The number of halogens is 1. The average Bonchev–Trinajstić information content (AvgIpc) is 3.40. The largest absolute Gasteiger partial charge is 0.486 e. The van der Waals surface area contributed by atoms with Gasteiger partial charge in [-0.3, -0.25) is 4.90 Å². The molecule has 0 bridgehead atoms. The maximum atomic E-state index is 13.0. The van der Waals surface area contributed by atoms with E-state index in [1.165, 1.54) is 34.7 Å². The lowest BCUT2D eigenvalue weighted by Gasteiger charge is -2.31. The number of nitrogens with zero attached hydrogens (tertiary/aromatic N) is 3. The maximum Gasteiger partial charge on any atom is 0.140 e. The molecule has 2 aromatic heterocycles. The number of para-hydroxylation sites is 1. The standard InChI is InChI=1S/C23H22FN3OS2/c24-17-7-9-19(10-8-17)28-14-22-25-18(15-29-22)13-27-11-3-4-16(12-27)23-26-20-5-1-2-6-21(20)30-23/h1-2,5-10,15-16H,3-4,11-14H2/t16-/m1/s1. The molecule has 4 nitrogen and oxygen atoms in total. The fraction of sp³-hybridized carbons (Fsp3) is 0.304. The Morgan fingerprint density at radius 3 is 2.83 bits per heavy atom. The van der Waals surface area contributed by atoms with Gasteiger partial charge in [0.1, 0.15) is 23.2 Å². The summed E-state index contributed by atoms with van der Waals surface area (Å²) in [6.45, 7) is 3.39. The molecule has 0 radical (unpaired) electrons. The number of hydrogen-bond donors (Lipinski definition) is 0. The zero-order valence-electron chi connectivity index (χ0n) is 16.5. The van der Waals surface area contributed by atoms with Crippen LogP contribution in [0.1, 0.15) is 34.5 Å². The summed E-state index contributed by atoms with van der Waals surface area (Å²) in [5.41, 5.74) is 2.20. The van der Waals surface area contributed by atoms with Gasteiger partial charge in [-0.2, -0.15) is 0 Å². The summed E-state index contributed by atoms with van der Waals surface area (Å²) in [7, 11) is 0. The topological polar surface area (TPSA) is 38.2 Å². The Bertz CT molecular complexity index is 1090. The first-order valence-electron chi connectivity index (χ1n) is 10.1. The Hall–Kier alpha value is -2.35. The van der Waals surface area contributed by atoms with Crippen LogP contribution in [0.4, 0.5) is 4.39 Å². The summed E-state index contributed by atoms with van der Waals surface area (Å²) in [5.74, 6) is 0.892. The van der Waals surface area contributed by atoms with E-state index in [1.807, 2.05) is 11.3 Å². The van der Waals surface area contributed by atoms with E-state index in [-0.39, 0.29) is 5.82 Å². The molecule has 1 aliphatic heterocycles. The SMILES string of the molecule is Fc1ccc(OCc2nc(CN3CCC[C@@H](c4nc5ccccc5s4)C3)cs2)cc1. The summed E-state index contributed by atoms with van der Waals surface area (Å²) in [6.07, 6.45) is 2.38. The van der Waals surface area contributed by atoms with Crippen molar-refractivity contribution in [2.45, 2.75) is 31.9 Å². The number of aromatic nitrogens is 2. The van der Waals surface area contributed by atoms with Crippen molar-refractivity contribution in [3.8, 4) is 5.75 Å². The van der Waals surface area contributed by atoms with Gasteiger partial charge in [-0.05, 0) is 55.8 Å². The second kappa shape index (κ2) is 8.79. The predicted molar refractivity (Wildman–Crippen MR) is 120 cm³/mol. The van der Waals surface area contributed by atoms with Crippen LogP contribution >= 0.6 is 22.7 Å². The molecule has 1 atom stereocenters. The van der Waals surface area contributed by atoms with Crippen LogP contribution in [0.2, 0.25) is 0 Å². The molecule has 0 amide bonds. The van der Waals surface area contributed by atoms with Crippen molar-refractivity contribution in [3.05, 3.63) is 75.4 Å². The van der Waals surface area contributed by atoms with Crippen molar-refractivity contribution in [3.63, 3.8) is 0 Å². The van der Waals surface area contributed by atoms with Gasteiger partial charge in [-0.15, -0.1) is 22.7 Å². The quantitative estimate of drug-likeness (QED) is 0.378. The van der Waals surface area contributed by atoms with Crippen LogP contribution in [0, 0.1) is 5.82 Å². The lowest BCUT2D eigenvalue weighted by molar-refractivity contribution is 0.198. The van der Waals surface area contributed by atoms with Crippen LogP contribution in [-0.4, -0.2) is 28.0 Å². The number of benzene rings is 2. The Balaban J connectivity index is 1.19. The number of hydrogen-bond acceptors (Lipinski definition) is 6. The van der Waals surface area contributed by atoms with Crippen LogP contribution in [-0.2, 0) is 13.2 Å². The molecule has 0 unspecified atom stereocenters. The maximum absolute atomic E-state index is 13.0. The first-order chi connectivity index (χ1) is 14.7. The highest BCUT2D eigenvalue weighted by Crippen LogP contribution is 2.33. The molecule has 1 fully saturated rings. The number of likely N-dealkylation sites (tertiary alicyclic amines) is 1. The Morgan fingerprint density at radius 2 is 1.97 bits per heavy atom. The van der Waals surface area contributed by atoms with Gasteiger partial charge in [0.15, 0.2) is 0 Å². The average molecular weight is 440 g/mol. The van der Waals surface area contributed by atoms with Crippen molar-refractivity contribution in [2.75, 3.05) is 13.1 Å². The van der Waals surface area contributed by atoms with Gasteiger partial charge in [0.2, 0.25) is 0 Å². The van der Waals surface area contributed by atoms with E-state index in [9.17, 15) is 4.39 Å². The van der Waals surface area contributed by atoms with E-state index in [0.717, 1.165) is 35.9 Å². The van der Waals surface area contributed by atoms with E-state index < -0.39 is 0 Å². The second-order valence-corrected chi connectivity index (χ2v) is 9.57. The molecular weight excluding hydrogens is 417 g/mol. The molecule has 0 spiro atoms. The van der Waals surface area contributed by atoms with Gasteiger partial charge in [0.25, 0.3) is 0 Å². The van der Waals surface area contributed by atoms with Gasteiger partial charge < -0.3 is 4.74 Å². The third kappa shape index (κ3) is 4.53. The number of ether oxygens (including phenoxy) is 1. The first-order valence-corrected chi connectivity index (χ1v) is 11.8. The third-order valence-electron chi connectivity index (χ3n) is 5.33. The highest BCUT2D eigenvalue weighted by molar-refractivity contribution is 7.18. The summed E-state index contributed by atoms with van der Waals surface area (Å²) < 4.78 is 20.0. The smallest absolute Gasteiger partial charge is 0.140 e. The highest BCUT2D eigenvalue weighted by Gasteiger charge is 2.24. The first kappa shape index (κ1) is 19.6. The normalized spacial score (nSPS) is 17.4. The van der Waals surface area contributed by atoms with Crippen molar-refractivity contribution in [2.24, 2.45) is 0 Å². The molecule has 1 saturated heterocycles. The van der Waals surface area contributed by atoms with E-state index >= 15 is 0 Å². The van der Waals surface area contributed by atoms with Gasteiger partial charge >= 0.3 is 0 Å². The minimum Gasteiger partial charge on any atom is -0.486 e. The minimum absolute atomic E-state index is 0.260. The van der Waals surface area contributed by atoms with E-state index in [2.05, 4.69) is 34.5 Å². The molecule has 154 valence electrons. The Labute approximate surface area is 183 Å². The molecule has 0 saturated carbocycles. The van der Waals surface area contributed by atoms with Crippen LogP contribution < -0.4 is 4.74 Å². The monoisotopic (exact) mass is 439 g/mol. The van der Waals surface area contributed by atoms with Gasteiger partial charge in [0.05, 0.1) is 20.9 Å². The molecule has 4 aromatic rings. The van der Waals surface area contributed by atoms with Crippen molar-refractivity contribution >= 4 is 32.9 Å². The summed E-state index contributed by atoms with van der Waals surface area (Å²) in [6, 6.07) is 14.5. The summed E-state index contributed by atoms with van der Waals surface area (Å²) in [4.78, 5) is 12.1. The fourth-order valence-electron chi connectivity index (χ4n) is 3.86. The van der Waals surface area contributed by atoms with Gasteiger partial charge in [0, 0.05) is 24.4 Å². The number of rotatable bonds is 6. The molecule has 3 heterocycles. The molecule has 7 heteroatoms. The molecule has 0 aliphatic carbocycles. The zero-order valence-corrected chi connectivity index (χ0v) is 18.1. The number of fused-ring (bicyclic) bond motifs is 1. The Kier molecular flexibility index (Phi) is 5.75. The van der Waals surface area contributed by atoms with E-state index in [4.69, 9.17) is 14.7 Å². The molecule has 2 aromatic carbocycles. The van der Waals surface area contributed by atoms with Crippen molar-refractivity contribution in [1.29, 1.82) is 0 Å². The third-order valence-corrected chi connectivity index (χ3v) is 7.40. The fourth-order valence-corrected chi connectivity index (χ4v) is 5.65. The predicted octanol–water partition coefficient (Wildman–Crippen LogP) is 5.85. The molecular formula is C23H22FN3OS2. The van der Waals surface area contributed by atoms with Crippen LogP contribution in [0.25, 0.3) is 10.2 Å². The second-order valence-electron chi connectivity index (χ2n) is 7.57. The summed E-state index contributed by atoms with van der Waals surface area (Å²) in [5, 5.41) is 4.31. The molecule has 0 N–H and O–H groups in total. The van der Waals surface area contributed by atoms with Crippen molar-refractivity contribution < 1.29 is 9.13 Å².